The molecule has 326 valence electrons. The molecule has 1 heterocycles. The number of ether oxygens (including phenoxy) is 5. The maximum Gasteiger partial charge on any atom is 0.306 e. The van der Waals surface area contributed by atoms with Crippen LogP contribution in [0.1, 0.15) is 229 Å². The minimum absolute atomic E-state index is 0.0609. The Balaban J connectivity index is 2.44. The lowest BCUT2D eigenvalue weighted by Gasteiger charge is -2.26. The van der Waals surface area contributed by atoms with Crippen molar-refractivity contribution in [3.05, 3.63) is 0 Å². The van der Waals surface area contributed by atoms with E-state index in [-0.39, 0.29) is 28.7 Å². The Kier molecular flexibility index (Phi) is 29.1. The molecular formula is C48H92O7. The molecule has 0 bridgehead atoms. The summed E-state index contributed by atoms with van der Waals surface area (Å²) in [5, 5.41) is 0. The number of hydrogen-bond donors (Lipinski definition) is 0. The van der Waals surface area contributed by atoms with E-state index in [2.05, 4.69) is 62.3 Å². The van der Waals surface area contributed by atoms with Gasteiger partial charge in [0.15, 0.2) is 0 Å². The molecule has 0 amide bonds. The van der Waals surface area contributed by atoms with E-state index in [1.54, 1.807) is 0 Å². The van der Waals surface area contributed by atoms with Crippen LogP contribution in [0.15, 0.2) is 0 Å². The summed E-state index contributed by atoms with van der Waals surface area (Å²) < 4.78 is 29.9. The maximum atomic E-state index is 12.4. The lowest BCUT2D eigenvalue weighted by molar-refractivity contribution is -0.145. The zero-order valence-corrected chi connectivity index (χ0v) is 38.0. The van der Waals surface area contributed by atoms with Gasteiger partial charge in [-0.25, -0.2) is 0 Å². The molecule has 55 heavy (non-hydrogen) atoms. The molecule has 0 aromatic rings. The monoisotopic (exact) mass is 781 g/mol. The first-order valence-corrected chi connectivity index (χ1v) is 23.3. The van der Waals surface area contributed by atoms with Crippen LogP contribution in [0.4, 0.5) is 0 Å². The van der Waals surface area contributed by atoms with Crippen molar-refractivity contribution >= 4 is 11.9 Å². The second-order valence-electron chi connectivity index (χ2n) is 19.4. The molecule has 1 fully saturated rings. The predicted molar refractivity (Wildman–Crippen MR) is 230 cm³/mol. The van der Waals surface area contributed by atoms with E-state index < -0.39 is 0 Å². The highest BCUT2D eigenvalue weighted by Gasteiger charge is 2.21. The van der Waals surface area contributed by atoms with Crippen LogP contribution in [-0.2, 0) is 33.3 Å². The highest BCUT2D eigenvalue weighted by molar-refractivity contribution is 5.69. The van der Waals surface area contributed by atoms with Gasteiger partial charge in [-0.3, -0.25) is 9.59 Å². The first-order valence-electron chi connectivity index (χ1n) is 23.3. The Hall–Kier alpha value is -1.18. The Morgan fingerprint density at radius 1 is 0.364 bits per heavy atom. The summed E-state index contributed by atoms with van der Waals surface area (Å²) in [7, 11) is 0. The van der Waals surface area contributed by atoms with Crippen molar-refractivity contribution in [3.63, 3.8) is 0 Å². The van der Waals surface area contributed by atoms with E-state index in [0.717, 1.165) is 128 Å². The molecule has 0 aliphatic carbocycles. The van der Waals surface area contributed by atoms with E-state index in [1.165, 1.54) is 51.4 Å². The van der Waals surface area contributed by atoms with Gasteiger partial charge in [0.1, 0.15) is 0 Å². The van der Waals surface area contributed by atoms with Gasteiger partial charge in [0.05, 0.1) is 30.0 Å². The Morgan fingerprint density at radius 3 is 1.00 bits per heavy atom. The number of esters is 2. The van der Waals surface area contributed by atoms with Crippen LogP contribution in [0, 0.1) is 17.8 Å². The van der Waals surface area contributed by atoms with E-state index in [1.807, 2.05) is 0 Å². The van der Waals surface area contributed by atoms with E-state index in [4.69, 9.17) is 23.7 Å². The molecule has 0 N–H and O–H groups in total. The maximum absolute atomic E-state index is 12.4. The quantitative estimate of drug-likeness (QED) is 0.226. The number of carbonyl (C=O) groups is 2. The normalized spacial score (nSPS) is 28.4. The fourth-order valence-corrected chi connectivity index (χ4v) is 7.72. The molecule has 3 atom stereocenters. The summed E-state index contributed by atoms with van der Waals surface area (Å²) in [6, 6.07) is 0. The molecule has 0 saturated carbocycles. The topological polar surface area (TPSA) is 80.3 Å². The molecular weight excluding hydrogens is 689 g/mol. The average molecular weight is 781 g/mol. The fourth-order valence-electron chi connectivity index (χ4n) is 7.72. The lowest BCUT2D eigenvalue weighted by Crippen LogP contribution is -2.25. The van der Waals surface area contributed by atoms with Crippen molar-refractivity contribution < 1.29 is 33.3 Å². The van der Waals surface area contributed by atoms with Crippen molar-refractivity contribution in [2.75, 3.05) is 33.0 Å². The van der Waals surface area contributed by atoms with Gasteiger partial charge in [0.25, 0.3) is 0 Å². The zero-order chi connectivity index (χ0) is 40.8. The van der Waals surface area contributed by atoms with Crippen molar-refractivity contribution in [2.45, 2.75) is 246 Å². The Bertz CT molecular complexity index is 945. The van der Waals surface area contributed by atoms with Crippen LogP contribution in [-0.4, -0.2) is 61.8 Å². The van der Waals surface area contributed by atoms with Gasteiger partial charge < -0.3 is 23.7 Å². The SMILES string of the molecule is CC1CCCCCCCCOC(C)(C)CCCC(C)CC(=O)OCCCCCCOC(C)(C)CCCC(C)CC(=O)OCCCCCCOC(C)(C)CCC1. The van der Waals surface area contributed by atoms with E-state index in [9.17, 15) is 9.59 Å². The predicted octanol–water partition coefficient (Wildman–Crippen LogP) is 13.5. The number of cyclic esters (lactones) is 2. The minimum atomic E-state index is -0.167. The van der Waals surface area contributed by atoms with Gasteiger partial charge in [-0.05, 0) is 124 Å². The summed E-state index contributed by atoms with van der Waals surface area (Å²) >= 11 is 0. The zero-order valence-electron chi connectivity index (χ0n) is 38.0. The molecule has 7 heteroatoms. The third-order valence-corrected chi connectivity index (χ3v) is 11.6. The smallest absolute Gasteiger partial charge is 0.306 e. The Labute approximate surface area is 341 Å². The lowest BCUT2D eigenvalue weighted by atomic mass is 9.93. The van der Waals surface area contributed by atoms with Crippen LogP contribution in [0.3, 0.4) is 0 Å². The molecule has 0 radical (unpaired) electrons. The third-order valence-electron chi connectivity index (χ3n) is 11.6. The van der Waals surface area contributed by atoms with Gasteiger partial charge in [0, 0.05) is 32.7 Å². The second kappa shape index (κ2) is 30.8. The Morgan fingerprint density at radius 2 is 0.636 bits per heavy atom. The van der Waals surface area contributed by atoms with Gasteiger partial charge in [0.2, 0.25) is 0 Å². The molecule has 0 aromatic heterocycles. The van der Waals surface area contributed by atoms with Crippen LogP contribution in [0.2, 0.25) is 0 Å². The molecule has 1 rings (SSSR count). The molecule has 3 unspecified atom stereocenters. The number of carbonyl (C=O) groups excluding carboxylic acids is 2. The van der Waals surface area contributed by atoms with Crippen molar-refractivity contribution in [1.82, 2.24) is 0 Å². The molecule has 7 nitrogen and oxygen atoms in total. The van der Waals surface area contributed by atoms with Crippen molar-refractivity contribution in [2.24, 2.45) is 17.8 Å². The number of hydrogen-bond acceptors (Lipinski definition) is 7. The molecule has 0 aromatic carbocycles. The van der Waals surface area contributed by atoms with Crippen LogP contribution >= 0.6 is 0 Å². The minimum Gasteiger partial charge on any atom is -0.466 e. The van der Waals surface area contributed by atoms with Gasteiger partial charge in [-0.1, -0.05) is 111 Å². The van der Waals surface area contributed by atoms with Gasteiger partial charge in [-0.15, -0.1) is 0 Å². The summed E-state index contributed by atoms with van der Waals surface area (Å²) in [6.45, 7) is 23.4. The summed E-state index contributed by atoms with van der Waals surface area (Å²) in [5.41, 5.74) is -0.338. The van der Waals surface area contributed by atoms with E-state index in [0.29, 0.717) is 37.9 Å². The first kappa shape index (κ1) is 51.8. The molecule has 1 saturated heterocycles. The summed E-state index contributed by atoms with van der Waals surface area (Å²) in [4.78, 5) is 24.8. The van der Waals surface area contributed by atoms with Crippen molar-refractivity contribution in [3.8, 4) is 0 Å². The van der Waals surface area contributed by atoms with Gasteiger partial charge >= 0.3 is 11.9 Å². The van der Waals surface area contributed by atoms with Crippen LogP contribution in [0.25, 0.3) is 0 Å². The largest absolute Gasteiger partial charge is 0.466 e. The van der Waals surface area contributed by atoms with Gasteiger partial charge in [-0.2, -0.15) is 0 Å². The standard InChI is InChI=1S/C48H92O7/c1-41-27-18-12-10-11-13-21-36-53-47(6,7)32-25-29-42(2)39-44(49)52-35-20-15-17-23-38-55-48(8,9)33-26-30-43(3)40-45(50)51-34-19-14-16-22-37-54-46(4,5)31-24-28-41/h41-43H,10-40H2,1-9H3. The molecule has 1 aliphatic rings. The van der Waals surface area contributed by atoms with Crippen molar-refractivity contribution in [1.29, 1.82) is 0 Å². The fraction of sp³-hybridized carbons (Fsp3) is 0.958. The number of rotatable bonds is 0. The second-order valence-corrected chi connectivity index (χ2v) is 19.4. The third kappa shape index (κ3) is 32.5. The highest BCUT2D eigenvalue weighted by atomic mass is 16.5. The highest BCUT2D eigenvalue weighted by Crippen LogP contribution is 2.25. The van der Waals surface area contributed by atoms with Crippen LogP contribution < -0.4 is 0 Å². The molecule has 1 aliphatic heterocycles. The van der Waals surface area contributed by atoms with Crippen LogP contribution in [0.5, 0.6) is 0 Å². The first-order chi connectivity index (χ1) is 26.1. The molecule has 0 spiro atoms. The van der Waals surface area contributed by atoms with E-state index >= 15 is 0 Å². The average Bonchev–Trinajstić information content (AvgIpc) is 3.09. The summed E-state index contributed by atoms with van der Waals surface area (Å²) in [5.74, 6) is 1.30. The summed E-state index contributed by atoms with van der Waals surface area (Å²) in [6.07, 6.45) is 28.0.